The number of aromatic carboxylic acids is 2. The lowest BCUT2D eigenvalue weighted by atomic mass is 10.1. The van der Waals surface area contributed by atoms with Crippen LogP contribution in [0.3, 0.4) is 0 Å². The Bertz CT molecular complexity index is 935. The van der Waals surface area contributed by atoms with Gasteiger partial charge in [0.1, 0.15) is 0 Å². The topological polar surface area (TPSA) is 124 Å². The van der Waals surface area contributed by atoms with Crippen molar-refractivity contribution >= 4 is 35.1 Å². The van der Waals surface area contributed by atoms with Crippen LogP contribution >= 0.6 is 0 Å². The molecule has 2 aromatic rings. The molecule has 2 aromatic carbocycles. The Morgan fingerprint density at radius 3 is 2.11 bits per heavy atom. The average Bonchev–Trinajstić information content (AvgIpc) is 3.04. The maximum Gasteiger partial charge on any atom is 0.335 e. The number of anilines is 2. The fourth-order valence-electron chi connectivity index (χ4n) is 3.05. The highest BCUT2D eigenvalue weighted by Gasteiger charge is 2.35. The molecule has 0 bridgehead atoms. The first-order valence-electron chi connectivity index (χ1n) is 8.54. The number of nitrogens with zero attached hydrogens (tertiary/aromatic N) is 1. The molecule has 1 aliphatic rings. The molecule has 28 heavy (non-hydrogen) atoms. The molecule has 8 nitrogen and oxygen atoms in total. The van der Waals surface area contributed by atoms with Crippen molar-refractivity contribution in [2.24, 2.45) is 5.92 Å². The molecule has 1 heterocycles. The number of carbonyl (C=O) groups is 4. The van der Waals surface area contributed by atoms with Crippen molar-refractivity contribution in [2.75, 3.05) is 16.8 Å². The van der Waals surface area contributed by atoms with Crippen molar-refractivity contribution in [3.05, 3.63) is 59.2 Å². The summed E-state index contributed by atoms with van der Waals surface area (Å²) in [7, 11) is 0. The zero-order valence-electron chi connectivity index (χ0n) is 15.0. The van der Waals surface area contributed by atoms with Crippen LogP contribution in [0.1, 0.15) is 32.7 Å². The molecule has 0 aromatic heterocycles. The van der Waals surface area contributed by atoms with Crippen molar-refractivity contribution in [3.8, 4) is 0 Å². The quantitative estimate of drug-likeness (QED) is 0.729. The van der Waals surface area contributed by atoms with Crippen molar-refractivity contribution in [2.45, 2.75) is 13.3 Å². The number of carboxylic acid groups (broad SMARTS) is 2. The molecule has 3 N–H and O–H groups in total. The summed E-state index contributed by atoms with van der Waals surface area (Å²) in [6.45, 7) is 2.13. The predicted octanol–water partition coefficient (Wildman–Crippen LogP) is 2.38. The van der Waals surface area contributed by atoms with E-state index in [2.05, 4.69) is 5.32 Å². The highest BCUT2D eigenvalue weighted by Crippen LogP contribution is 2.26. The second-order valence-electron chi connectivity index (χ2n) is 6.64. The molecule has 1 saturated heterocycles. The van der Waals surface area contributed by atoms with Gasteiger partial charge in [-0.05, 0) is 37.3 Å². The number of carboxylic acids is 2. The number of benzene rings is 2. The Hall–Kier alpha value is -3.68. The van der Waals surface area contributed by atoms with Crippen LogP contribution in [0, 0.1) is 12.8 Å². The summed E-state index contributed by atoms with van der Waals surface area (Å²) < 4.78 is 0. The minimum Gasteiger partial charge on any atom is -0.478 e. The van der Waals surface area contributed by atoms with Crippen molar-refractivity contribution in [1.29, 1.82) is 0 Å². The molecule has 1 atom stereocenters. The fourth-order valence-corrected chi connectivity index (χ4v) is 3.05. The van der Waals surface area contributed by atoms with E-state index in [4.69, 9.17) is 10.2 Å². The molecule has 1 aliphatic heterocycles. The van der Waals surface area contributed by atoms with Gasteiger partial charge in [-0.3, -0.25) is 9.59 Å². The number of hydrogen-bond acceptors (Lipinski definition) is 4. The highest BCUT2D eigenvalue weighted by molar-refractivity contribution is 6.04. The first-order valence-corrected chi connectivity index (χ1v) is 8.54. The molecule has 0 radical (unpaired) electrons. The summed E-state index contributed by atoms with van der Waals surface area (Å²) in [5, 5.41) is 20.8. The lowest BCUT2D eigenvalue weighted by Crippen LogP contribution is -2.28. The van der Waals surface area contributed by atoms with Gasteiger partial charge in [0, 0.05) is 24.3 Å². The third-order valence-corrected chi connectivity index (χ3v) is 4.54. The lowest BCUT2D eigenvalue weighted by Gasteiger charge is -2.17. The second-order valence-corrected chi connectivity index (χ2v) is 6.64. The summed E-state index contributed by atoms with van der Waals surface area (Å²) in [4.78, 5) is 48.8. The highest BCUT2D eigenvalue weighted by atomic mass is 16.4. The summed E-state index contributed by atoms with van der Waals surface area (Å²) in [6, 6.07) is 10.7. The minimum absolute atomic E-state index is 0.0180. The first kappa shape index (κ1) is 19.1. The van der Waals surface area contributed by atoms with E-state index in [1.807, 2.05) is 31.2 Å². The summed E-state index contributed by atoms with van der Waals surface area (Å²) in [5.74, 6) is -3.90. The van der Waals surface area contributed by atoms with Crippen LogP contribution in [0.25, 0.3) is 0 Å². The molecule has 0 saturated carbocycles. The van der Waals surface area contributed by atoms with Gasteiger partial charge in [-0.2, -0.15) is 0 Å². The number of carbonyl (C=O) groups excluding carboxylic acids is 2. The average molecular weight is 382 g/mol. The van der Waals surface area contributed by atoms with Gasteiger partial charge in [-0.25, -0.2) is 9.59 Å². The molecule has 1 fully saturated rings. The van der Waals surface area contributed by atoms with Gasteiger partial charge in [0.05, 0.1) is 17.0 Å². The molecular formula is C20H18N2O6. The molecule has 144 valence electrons. The molecular weight excluding hydrogens is 364 g/mol. The Morgan fingerprint density at radius 1 is 1.00 bits per heavy atom. The maximum atomic E-state index is 12.6. The van der Waals surface area contributed by atoms with Gasteiger partial charge in [0.2, 0.25) is 11.8 Å². The van der Waals surface area contributed by atoms with E-state index in [0.717, 1.165) is 11.6 Å². The minimum atomic E-state index is -1.31. The Balaban J connectivity index is 1.76. The zero-order valence-corrected chi connectivity index (χ0v) is 15.0. The summed E-state index contributed by atoms with van der Waals surface area (Å²) >= 11 is 0. The van der Waals surface area contributed by atoms with Gasteiger partial charge in [0.25, 0.3) is 0 Å². The van der Waals surface area contributed by atoms with Crippen LogP contribution in [0.15, 0.2) is 42.5 Å². The van der Waals surface area contributed by atoms with Gasteiger partial charge in [-0.15, -0.1) is 0 Å². The number of amides is 2. The molecule has 8 heteroatoms. The largest absolute Gasteiger partial charge is 0.478 e. The van der Waals surface area contributed by atoms with Crippen molar-refractivity contribution in [3.63, 3.8) is 0 Å². The number of rotatable bonds is 5. The normalized spacial score (nSPS) is 16.1. The smallest absolute Gasteiger partial charge is 0.335 e. The molecule has 0 spiro atoms. The Labute approximate surface area is 160 Å². The van der Waals surface area contributed by atoms with Crippen LogP contribution in [0.5, 0.6) is 0 Å². The zero-order chi connectivity index (χ0) is 20.4. The van der Waals surface area contributed by atoms with Crippen LogP contribution in [-0.2, 0) is 9.59 Å². The van der Waals surface area contributed by atoms with Crippen LogP contribution in [0.4, 0.5) is 11.4 Å². The second kappa shape index (κ2) is 7.51. The van der Waals surface area contributed by atoms with Gasteiger partial charge in [-0.1, -0.05) is 17.7 Å². The third kappa shape index (κ3) is 4.01. The standard InChI is InChI=1S/C20H18N2O6/c1-11-2-4-16(5-3-11)22-10-14(9-17(22)23)18(24)21-15-7-12(19(25)26)6-13(8-15)20(27)28/h2-8,14H,9-10H2,1H3,(H,21,24)(H,25,26)(H,27,28). The summed E-state index contributed by atoms with van der Waals surface area (Å²) in [6.07, 6.45) is 0.0180. The molecule has 1 unspecified atom stereocenters. The van der Waals surface area contributed by atoms with Crippen LogP contribution in [-0.4, -0.2) is 40.5 Å². The Morgan fingerprint density at radius 2 is 1.57 bits per heavy atom. The van der Waals surface area contributed by atoms with E-state index in [1.54, 1.807) is 0 Å². The number of hydrogen-bond donors (Lipinski definition) is 3. The molecule has 3 rings (SSSR count). The molecule has 2 amide bonds. The lowest BCUT2D eigenvalue weighted by molar-refractivity contribution is -0.122. The van der Waals surface area contributed by atoms with E-state index in [1.165, 1.54) is 17.0 Å². The first-order chi connectivity index (χ1) is 13.2. The number of aryl methyl sites for hydroxylation is 1. The number of nitrogens with one attached hydrogen (secondary N) is 1. The van der Waals surface area contributed by atoms with E-state index in [-0.39, 0.29) is 35.7 Å². The van der Waals surface area contributed by atoms with E-state index >= 15 is 0 Å². The summed E-state index contributed by atoms with van der Waals surface area (Å²) in [5.41, 5.74) is 1.31. The van der Waals surface area contributed by atoms with Gasteiger partial charge < -0.3 is 20.4 Å². The van der Waals surface area contributed by atoms with E-state index < -0.39 is 23.8 Å². The monoisotopic (exact) mass is 382 g/mol. The Kier molecular flexibility index (Phi) is 5.12. The molecule has 0 aliphatic carbocycles. The third-order valence-electron chi connectivity index (χ3n) is 4.54. The fraction of sp³-hybridized carbons (Fsp3) is 0.200. The van der Waals surface area contributed by atoms with E-state index in [0.29, 0.717) is 5.69 Å². The van der Waals surface area contributed by atoms with Crippen molar-refractivity contribution < 1.29 is 29.4 Å². The maximum absolute atomic E-state index is 12.6. The van der Waals surface area contributed by atoms with E-state index in [9.17, 15) is 19.2 Å². The van der Waals surface area contributed by atoms with Gasteiger partial charge in [0.15, 0.2) is 0 Å². The SMILES string of the molecule is Cc1ccc(N2CC(C(=O)Nc3cc(C(=O)O)cc(C(=O)O)c3)CC2=O)cc1. The predicted molar refractivity (Wildman–Crippen MR) is 101 cm³/mol. The van der Waals surface area contributed by atoms with Crippen LogP contribution < -0.4 is 10.2 Å². The van der Waals surface area contributed by atoms with Crippen molar-refractivity contribution in [1.82, 2.24) is 0 Å². The van der Waals surface area contributed by atoms with Crippen LogP contribution in [0.2, 0.25) is 0 Å². The van der Waals surface area contributed by atoms with Gasteiger partial charge >= 0.3 is 11.9 Å².